The third kappa shape index (κ3) is 5.77. The molecule has 3 heterocycles. The van der Waals surface area contributed by atoms with E-state index in [2.05, 4.69) is 13.8 Å². The predicted octanol–water partition coefficient (Wildman–Crippen LogP) is 2.82. The molecule has 7 nitrogen and oxygen atoms in total. The SMILES string of the molecule is Cc1cc(C(O)=C2C(=O)C(=O)N(CCC[NH+]3CCOCC3)C2c2cccs2)ccc1OCC(C)C. The number of carbonyl (C=O) groups excluding carboxylic acids is 2. The summed E-state index contributed by atoms with van der Waals surface area (Å²) in [6.45, 7) is 11.5. The van der Waals surface area contributed by atoms with Crippen LogP contribution in [0.15, 0.2) is 41.3 Å². The van der Waals surface area contributed by atoms with Crippen molar-refractivity contribution in [1.82, 2.24) is 4.90 Å². The zero-order valence-corrected chi connectivity index (χ0v) is 21.5. The first kappa shape index (κ1) is 25.4. The maximum absolute atomic E-state index is 13.2. The molecule has 0 bridgehead atoms. The van der Waals surface area contributed by atoms with Crippen molar-refractivity contribution in [2.24, 2.45) is 5.92 Å². The van der Waals surface area contributed by atoms with E-state index in [0.717, 1.165) is 55.5 Å². The number of likely N-dealkylation sites (tertiary alicyclic amines) is 1. The molecule has 0 saturated carbocycles. The standard InChI is InChI=1S/C27H34N2O5S/c1-18(2)17-34-21-8-7-20(16-19(21)3)25(30)23-24(22-6-4-15-35-22)29(27(32)26(23)31)10-5-9-28-11-13-33-14-12-28/h4,6-8,15-16,18,24,30H,5,9-14,17H2,1-3H3/p+1. The Morgan fingerprint density at radius 2 is 2.03 bits per heavy atom. The van der Waals surface area contributed by atoms with Gasteiger partial charge < -0.3 is 24.4 Å². The Morgan fingerprint density at radius 3 is 2.69 bits per heavy atom. The first-order valence-electron chi connectivity index (χ1n) is 12.3. The number of hydrogen-bond donors (Lipinski definition) is 2. The first-order chi connectivity index (χ1) is 16.9. The van der Waals surface area contributed by atoms with Gasteiger partial charge in [0, 0.05) is 23.4 Å². The summed E-state index contributed by atoms with van der Waals surface area (Å²) in [6.07, 6.45) is 0.783. The molecule has 1 amide bonds. The lowest BCUT2D eigenvalue weighted by molar-refractivity contribution is -0.908. The second kappa shape index (κ2) is 11.4. The summed E-state index contributed by atoms with van der Waals surface area (Å²) in [6, 6.07) is 8.62. The Bertz CT molecular complexity index is 1070. The average molecular weight is 500 g/mol. The van der Waals surface area contributed by atoms with Crippen LogP contribution in [0.3, 0.4) is 0 Å². The van der Waals surface area contributed by atoms with Crippen molar-refractivity contribution in [3.8, 4) is 5.75 Å². The number of ether oxygens (including phenoxy) is 2. The molecule has 0 aliphatic carbocycles. The molecule has 4 rings (SSSR count). The maximum Gasteiger partial charge on any atom is 0.295 e. The van der Waals surface area contributed by atoms with Crippen molar-refractivity contribution in [1.29, 1.82) is 0 Å². The van der Waals surface area contributed by atoms with Crippen LogP contribution in [0.4, 0.5) is 0 Å². The predicted molar refractivity (Wildman–Crippen MR) is 136 cm³/mol. The molecule has 1 aromatic heterocycles. The molecule has 2 aliphatic heterocycles. The number of aliphatic hydroxyl groups excluding tert-OH is 1. The minimum absolute atomic E-state index is 0.137. The quantitative estimate of drug-likeness (QED) is 0.315. The van der Waals surface area contributed by atoms with Crippen LogP contribution in [0, 0.1) is 12.8 Å². The zero-order chi connectivity index (χ0) is 24.9. The molecule has 8 heteroatoms. The number of benzene rings is 1. The van der Waals surface area contributed by atoms with Crippen molar-refractivity contribution in [2.45, 2.75) is 33.2 Å². The van der Waals surface area contributed by atoms with Gasteiger partial charge in [-0.25, -0.2) is 0 Å². The van der Waals surface area contributed by atoms with Crippen LogP contribution in [-0.2, 0) is 14.3 Å². The van der Waals surface area contributed by atoms with Gasteiger partial charge in [0.1, 0.15) is 24.6 Å². The van der Waals surface area contributed by atoms with E-state index >= 15 is 0 Å². The van der Waals surface area contributed by atoms with Gasteiger partial charge in [0.2, 0.25) is 0 Å². The molecule has 2 fully saturated rings. The molecule has 1 aromatic carbocycles. The van der Waals surface area contributed by atoms with Crippen LogP contribution < -0.4 is 9.64 Å². The number of nitrogens with one attached hydrogen (secondary N) is 1. The van der Waals surface area contributed by atoms with Gasteiger partial charge in [-0.3, -0.25) is 9.59 Å². The molecule has 35 heavy (non-hydrogen) atoms. The van der Waals surface area contributed by atoms with E-state index in [1.165, 1.54) is 16.2 Å². The van der Waals surface area contributed by atoms with Crippen molar-refractivity contribution in [2.75, 3.05) is 46.0 Å². The Morgan fingerprint density at radius 1 is 1.26 bits per heavy atom. The number of thiophene rings is 1. The number of nitrogens with zero attached hydrogens (tertiary/aromatic N) is 1. The van der Waals surface area contributed by atoms with Crippen LogP contribution in [0.1, 0.15) is 42.3 Å². The van der Waals surface area contributed by atoms with E-state index in [1.54, 1.807) is 11.0 Å². The zero-order valence-electron chi connectivity index (χ0n) is 20.7. The van der Waals surface area contributed by atoms with Crippen molar-refractivity contribution in [3.05, 3.63) is 57.3 Å². The smallest absolute Gasteiger partial charge is 0.295 e. The second-order valence-corrected chi connectivity index (χ2v) is 10.6. The number of aryl methyl sites for hydroxylation is 1. The number of ketones is 1. The lowest BCUT2D eigenvalue weighted by Crippen LogP contribution is -3.14. The Labute approximate surface area is 210 Å². The summed E-state index contributed by atoms with van der Waals surface area (Å²) < 4.78 is 11.3. The Kier molecular flexibility index (Phi) is 8.26. The molecule has 2 aliphatic rings. The lowest BCUT2D eigenvalue weighted by Gasteiger charge is -2.27. The van der Waals surface area contributed by atoms with Crippen LogP contribution in [0.2, 0.25) is 0 Å². The minimum atomic E-state index is -0.627. The molecular formula is C27H35N2O5S+. The molecule has 1 unspecified atom stereocenters. The van der Waals surface area contributed by atoms with Crippen LogP contribution in [0.25, 0.3) is 5.76 Å². The third-order valence-electron chi connectivity index (χ3n) is 6.50. The largest absolute Gasteiger partial charge is 0.507 e. The number of aliphatic hydroxyl groups is 1. The highest BCUT2D eigenvalue weighted by molar-refractivity contribution is 7.10. The second-order valence-electron chi connectivity index (χ2n) is 9.66. The first-order valence-corrected chi connectivity index (χ1v) is 13.2. The molecule has 0 radical (unpaired) electrons. The third-order valence-corrected chi connectivity index (χ3v) is 7.43. The van der Waals surface area contributed by atoms with E-state index in [4.69, 9.17) is 9.47 Å². The van der Waals surface area contributed by atoms with E-state index in [1.807, 2.05) is 36.6 Å². The normalized spacial score (nSPS) is 20.7. The van der Waals surface area contributed by atoms with Gasteiger partial charge in [0.25, 0.3) is 11.7 Å². The maximum atomic E-state index is 13.2. The highest BCUT2D eigenvalue weighted by atomic mass is 32.1. The summed E-state index contributed by atoms with van der Waals surface area (Å²) in [5.74, 6) is -0.167. The number of morpholine rings is 1. The number of rotatable bonds is 9. The summed E-state index contributed by atoms with van der Waals surface area (Å²) in [5.41, 5.74) is 1.54. The highest BCUT2D eigenvalue weighted by Gasteiger charge is 2.46. The molecule has 2 saturated heterocycles. The fourth-order valence-corrected chi connectivity index (χ4v) is 5.48. The van der Waals surface area contributed by atoms with Crippen LogP contribution in [-0.4, -0.2) is 67.7 Å². The minimum Gasteiger partial charge on any atom is -0.507 e. The van der Waals surface area contributed by atoms with Gasteiger partial charge in [-0.1, -0.05) is 19.9 Å². The average Bonchev–Trinajstić information content (AvgIpc) is 3.46. The van der Waals surface area contributed by atoms with Crippen molar-refractivity contribution < 1.29 is 29.1 Å². The van der Waals surface area contributed by atoms with E-state index in [0.29, 0.717) is 24.6 Å². The number of amides is 1. The number of carbonyl (C=O) groups is 2. The van der Waals surface area contributed by atoms with Crippen molar-refractivity contribution >= 4 is 28.8 Å². The summed E-state index contributed by atoms with van der Waals surface area (Å²) >= 11 is 1.49. The van der Waals surface area contributed by atoms with Gasteiger partial charge in [0.05, 0.1) is 38.0 Å². The van der Waals surface area contributed by atoms with Gasteiger partial charge in [-0.2, -0.15) is 0 Å². The fraction of sp³-hybridized carbons (Fsp3) is 0.481. The van der Waals surface area contributed by atoms with E-state index in [9.17, 15) is 14.7 Å². The summed E-state index contributed by atoms with van der Waals surface area (Å²) in [4.78, 5) is 30.2. The van der Waals surface area contributed by atoms with Crippen LogP contribution in [0.5, 0.6) is 5.75 Å². The highest BCUT2D eigenvalue weighted by Crippen LogP contribution is 2.41. The lowest BCUT2D eigenvalue weighted by atomic mass is 9.98. The molecule has 188 valence electrons. The van der Waals surface area contributed by atoms with E-state index in [-0.39, 0.29) is 11.3 Å². The summed E-state index contributed by atoms with van der Waals surface area (Å²) in [7, 11) is 0. The Hall–Kier alpha value is -2.68. The molecular weight excluding hydrogens is 464 g/mol. The van der Waals surface area contributed by atoms with E-state index < -0.39 is 17.7 Å². The number of hydrogen-bond acceptors (Lipinski definition) is 6. The van der Waals surface area contributed by atoms with Gasteiger partial charge >= 0.3 is 0 Å². The molecule has 0 spiro atoms. The number of Topliss-reactive ketones (excluding diaryl/α,β-unsaturated/α-hetero) is 1. The van der Waals surface area contributed by atoms with Crippen molar-refractivity contribution in [3.63, 3.8) is 0 Å². The van der Waals surface area contributed by atoms with Gasteiger partial charge in [-0.15, -0.1) is 11.3 Å². The molecule has 2 N–H and O–H groups in total. The fourth-order valence-electron chi connectivity index (χ4n) is 4.63. The van der Waals surface area contributed by atoms with Gasteiger partial charge in [0.15, 0.2) is 0 Å². The Balaban J connectivity index is 1.60. The topological polar surface area (TPSA) is 80.5 Å². The van der Waals surface area contributed by atoms with Gasteiger partial charge in [-0.05, 0) is 48.1 Å². The molecule has 2 aromatic rings. The van der Waals surface area contributed by atoms with Crippen LogP contribution >= 0.6 is 11.3 Å². The monoisotopic (exact) mass is 499 g/mol. The number of quaternary nitrogens is 1. The molecule has 1 atom stereocenters. The summed E-state index contributed by atoms with van der Waals surface area (Å²) in [5, 5.41) is 13.2.